The lowest BCUT2D eigenvalue weighted by molar-refractivity contribution is -0.618. The van der Waals surface area contributed by atoms with Crippen molar-refractivity contribution in [2.75, 3.05) is 0 Å². The van der Waals surface area contributed by atoms with Gasteiger partial charge in [-0.1, -0.05) is 30.3 Å². The molecule has 1 aromatic heterocycles. The lowest BCUT2D eigenvalue weighted by Crippen LogP contribution is -2.31. The molecule has 0 atom stereocenters. The molecule has 0 spiro atoms. The van der Waals surface area contributed by atoms with Gasteiger partial charge < -0.3 is 5.21 Å². The third-order valence-electron chi connectivity index (χ3n) is 3.38. The van der Waals surface area contributed by atoms with Crippen LogP contribution in [0.3, 0.4) is 0 Å². The summed E-state index contributed by atoms with van der Waals surface area (Å²) in [5.41, 5.74) is 3.17. The molecule has 0 aliphatic heterocycles. The van der Waals surface area contributed by atoms with E-state index in [0.717, 1.165) is 34.9 Å². The third kappa shape index (κ3) is 2.18. The quantitative estimate of drug-likeness (QED) is 0.588. The number of imidazole rings is 1. The summed E-state index contributed by atoms with van der Waals surface area (Å²) >= 11 is 0. The molecule has 2 rings (SSSR count). The number of nitrogens with zero attached hydrogens (tertiary/aromatic N) is 2. The van der Waals surface area contributed by atoms with Crippen LogP contribution in [-0.4, -0.2) is 4.57 Å². The molecule has 2 aromatic rings. The highest BCUT2D eigenvalue weighted by Crippen LogP contribution is 2.09. The number of rotatable bonds is 3. The number of hydrogen-bond acceptors (Lipinski definition) is 1. The van der Waals surface area contributed by atoms with Gasteiger partial charge in [-0.05, 0) is 5.56 Å². The molecule has 0 unspecified atom stereocenters. The molecule has 0 N–H and O–H groups in total. The minimum absolute atomic E-state index is 0.774. The molecule has 1 heterocycles. The lowest BCUT2D eigenvalue weighted by Gasteiger charge is -2.03. The van der Waals surface area contributed by atoms with Gasteiger partial charge in [0, 0.05) is 27.2 Å². The second kappa shape index (κ2) is 4.62. The zero-order valence-corrected chi connectivity index (χ0v) is 10.6. The smallest absolute Gasteiger partial charge is 0.256 e. The molecule has 0 aliphatic rings. The summed E-state index contributed by atoms with van der Waals surface area (Å²) in [6.45, 7) is 6.60. The first kappa shape index (κ1) is 11.7. The van der Waals surface area contributed by atoms with Crippen molar-refractivity contribution in [2.45, 2.75) is 33.7 Å². The van der Waals surface area contributed by atoms with Crippen molar-refractivity contribution in [2.24, 2.45) is 0 Å². The van der Waals surface area contributed by atoms with Crippen molar-refractivity contribution in [1.29, 1.82) is 0 Å². The van der Waals surface area contributed by atoms with Crippen LogP contribution < -0.4 is 4.73 Å². The fraction of sp³-hybridized carbons (Fsp3) is 0.357. The number of aromatic nitrogens is 2. The Bertz CT molecular complexity index is 489. The topological polar surface area (TPSA) is 31.9 Å². The summed E-state index contributed by atoms with van der Waals surface area (Å²) < 4.78 is 3.11. The molecule has 3 heteroatoms. The van der Waals surface area contributed by atoms with E-state index in [1.165, 1.54) is 5.56 Å². The Kier molecular flexibility index (Phi) is 3.18. The van der Waals surface area contributed by atoms with E-state index in [2.05, 4.69) is 16.7 Å². The Labute approximate surface area is 102 Å². The van der Waals surface area contributed by atoms with Crippen LogP contribution in [0.25, 0.3) is 0 Å². The first-order valence-corrected chi connectivity index (χ1v) is 5.91. The van der Waals surface area contributed by atoms with Crippen LogP contribution in [-0.2, 0) is 13.0 Å². The van der Waals surface area contributed by atoms with Gasteiger partial charge in [0.05, 0.1) is 6.54 Å². The first-order valence-electron chi connectivity index (χ1n) is 5.91. The average Bonchev–Trinajstić information content (AvgIpc) is 2.54. The van der Waals surface area contributed by atoms with E-state index in [4.69, 9.17) is 0 Å². The molecule has 0 saturated carbocycles. The van der Waals surface area contributed by atoms with Crippen LogP contribution in [0, 0.1) is 26.0 Å². The summed E-state index contributed by atoms with van der Waals surface area (Å²) in [5.74, 6) is 0.774. The molecular weight excluding hydrogens is 212 g/mol. The van der Waals surface area contributed by atoms with Crippen LogP contribution >= 0.6 is 0 Å². The maximum atomic E-state index is 11.7. The minimum Gasteiger partial charge on any atom is -0.711 e. The van der Waals surface area contributed by atoms with E-state index >= 15 is 0 Å². The van der Waals surface area contributed by atoms with Crippen molar-refractivity contribution in [1.82, 2.24) is 4.57 Å². The van der Waals surface area contributed by atoms with E-state index in [9.17, 15) is 5.21 Å². The monoisotopic (exact) mass is 230 g/mol. The van der Waals surface area contributed by atoms with Crippen LogP contribution in [0.4, 0.5) is 0 Å². The highest BCUT2D eigenvalue weighted by Gasteiger charge is 2.17. The largest absolute Gasteiger partial charge is 0.711 e. The van der Waals surface area contributed by atoms with E-state index in [-0.39, 0.29) is 0 Å². The molecule has 0 radical (unpaired) electrons. The maximum Gasteiger partial charge on any atom is 0.256 e. The minimum atomic E-state index is 0.774. The zero-order valence-electron chi connectivity index (χ0n) is 10.6. The predicted molar refractivity (Wildman–Crippen MR) is 67.7 cm³/mol. The van der Waals surface area contributed by atoms with E-state index in [1.807, 2.05) is 39.0 Å². The van der Waals surface area contributed by atoms with Crippen molar-refractivity contribution in [3.05, 3.63) is 58.3 Å². The Morgan fingerprint density at radius 1 is 1.12 bits per heavy atom. The molecule has 0 bridgehead atoms. The van der Waals surface area contributed by atoms with Gasteiger partial charge in [-0.2, -0.15) is 0 Å². The van der Waals surface area contributed by atoms with Crippen molar-refractivity contribution < 1.29 is 4.73 Å². The fourth-order valence-electron chi connectivity index (χ4n) is 2.15. The Balaban J connectivity index is 2.18. The fourth-order valence-corrected chi connectivity index (χ4v) is 2.15. The van der Waals surface area contributed by atoms with Gasteiger partial charge in [-0.15, -0.1) is 0 Å². The highest BCUT2D eigenvalue weighted by atomic mass is 16.5. The maximum absolute atomic E-state index is 11.7. The number of benzene rings is 1. The average molecular weight is 230 g/mol. The van der Waals surface area contributed by atoms with Crippen LogP contribution in [0.2, 0.25) is 0 Å². The van der Waals surface area contributed by atoms with Crippen LogP contribution in [0.1, 0.15) is 22.8 Å². The van der Waals surface area contributed by atoms with Gasteiger partial charge in [0.25, 0.3) is 5.82 Å². The molecule has 0 amide bonds. The van der Waals surface area contributed by atoms with Gasteiger partial charge in [0.15, 0.2) is 0 Å². The second-order valence-electron chi connectivity index (χ2n) is 4.40. The molecule has 90 valence electrons. The van der Waals surface area contributed by atoms with Crippen LogP contribution in [0.15, 0.2) is 30.3 Å². The van der Waals surface area contributed by atoms with Gasteiger partial charge in [-0.3, -0.25) is 0 Å². The Morgan fingerprint density at radius 3 is 2.29 bits per heavy atom. The molecule has 0 saturated heterocycles. The van der Waals surface area contributed by atoms with Crippen molar-refractivity contribution in [3.8, 4) is 0 Å². The Morgan fingerprint density at radius 2 is 1.76 bits per heavy atom. The number of hydrogen-bond donors (Lipinski definition) is 0. The summed E-state index contributed by atoms with van der Waals surface area (Å²) in [4.78, 5) is 0. The normalized spacial score (nSPS) is 10.8. The third-order valence-corrected chi connectivity index (χ3v) is 3.38. The molecule has 1 aromatic carbocycles. The molecule has 3 nitrogen and oxygen atoms in total. The summed E-state index contributed by atoms with van der Waals surface area (Å²) in [5, 5.41) is 11.7. The predicted octanol–water partition coefficient (Wildman–Crippen LogP) is 2.29. The highest BCUT2D eigenvalue weighted by molar-refractivity contribution is 5.15. The van der Waals surface area contributed by atoms with Crippen LogP contribution in [0.5, 0.6) is 0 Å². The molecule has 17 heavy (non-hydrogen) atoms. The summed E-state index contributed by atoms with van der Waals surface area (Å²) in [7, 11) is 0. The lowest BCUT2D eigenvalue weighted by atomic mass is 10.1. The van der Waals surface area contributed by atoms with Gasteiger partial charge >= 0.3 is 0 Å². The standard InChI is InChI=1S/C14H18N2O/c1-11-12(2)16(17)13(3)15(11)10-9-14-7-5-4-6-8-14/h4-8H,9-10H2,1-3H3. The van der Waals surface area contributed by atoms with Gasteiger partial charge in [0.1, 0.15) is 11.4 Å². The molecule has 0 aliphatic carbocycles. The van der Waals surface area contributed by atoms with Gasteiger partial charge in [0.2, 0.25) is 0 Å². The van der Waals surface area contributed by atoms with E-state index in [0.29, 0.717) is 0 Å². The number of aryl methyl sites for hydroxylation is 1. The molecular formula is C14H18N2O. The SMILES string of the molecule is Cc1c(C)[n+]([O-])c(C)n1CCc1ccccc1. The summed E-state index contributed by atoms with van der Waals surface area (Å²) in [6, 6.07) is 10.3. The van der Waals surface area contributed by atoms with E-state index < -0.39 is 0 Å². The summed E-state index contributed by atoms with van der Waals surface area (Å²) in [6.07, 6.45) is 0.955. The van der Waals surface area contributed by atoms with Crippen molar-refractivity contribution in [3.63, 3.8) is 0 Å². The zero-order chi connectivity index (χ0) is 12.4. The van der Waals surface area contributed by atoms with Crippen molar-refractivity contribution >= 4 is 0 Å². The van der Waals surface area contributed by atoms with Gasteiger partial charge in [-0.25, -0.2) is 9.30 Å². The Hall–Kier alpha value is -1.77. The van der Waals surface area contributed by atoms with E-state index in [1.54, 1.807) is 0 Å². The molecule has 0 fully saturated rings. The first-order chi connectivity index (χ1) is 8.11. The second-order valence-corrected chi connectivity index (χ2v) is 4.40.